The monoisotopic (exact) mass is 444 g/mol. The zero-order chi connectivity index (χ0) is 22.4. The van der Waals surface area contributed by atoms with Gasteiger partial charge in [0, 0.05) is 19.6 Å². The van der Waals surface area contributed by atoms with E-state index in [1.165, 1.54) is 35.6 Å². The molecule has 31 heavy (non-hydrogen) atoms. The van der Waals surface area contributed by atoms with Crippen LogP contribution in [0.4, 0.5) is 5.69 Å². The van der Waals surface area contributed by atoms with Crippen molar-refractivity contribution in [3.8, 4) is 0 Å². The number of sulfonamides is 1. The lowest BCUT2D eigenvalue weighted by Gasteiger charge is -2.35. The highest BCUT2D eigenvalue weighted by Gasteiger charge is 2.26. The predicted molar refractivity (Wildman–Crippen MR) is 118 cm³/mol. The van der Waals surface area contributed by atoms with Gasteiger partial charge in [-0.25, -0.2) is 13.2 Å². The number of nitrogens with zero attached hydrogens (tertiary/aromatic N) is 2. The topological polar surface area (TPSA) is 84.0 Å². The van der Waals surface area contributed by atoms with Crippen molar-refractivity contribution in [1.82, 2.24) is 4.90 Å². The van der Waals surface area contributed by atoms with E-state index in [4.69, 9.17) is 4.74 Å². The summed E-state index contributed by atoms with van der Waals surface area (Å²) in [6.07, 6.45) is 3.93. The van der Waals surface area contributed by atoms with Gasteiger partial charge in [-0.05, 0) is 62.1 Å². The quantitative estimate of drug-likeness (QED) is 0.611. The molecule has 1 unspecified atom stereocenters. The fourth-order valence-electron chi connectivity index (χ4n) is 3.74. The minimum absolute atomic E-state index is 0.0607. The van der Waals surface area contributed by atoms with Gasteiger partial charge in [-0.3, -0.25) is 9.10 Å². The summed E-state index contributed by atoms with van der Waals surface area (Å²) >= 11 is 0. The maximum absolute atomic E-state index is 12.8. The number of hydrogen-bond acceptors (Lipinski definition) is 5. The summed E-state index contributed by atoms with van der Waals surface area (Å²) in [4.78, 5) is 26.7. The van der Waals surface area contributed by atoms with Gasteiger partial charge in [-0.2, -0.15) is 0 Å². The molecule has 1 fully saturated rings. The number of likely N-dealkylation sites (tertiary alicyclic amines) is 1. The maximum atomic E-state index is 12.8. The second kappa shape index (κ2) is 9.96. The SMILES string of the molecule is CCC1CCCCN1C(=O)COC(=O)c1ccc(S(=O)(=O)N(C)c2ccccc2)cc1. The Balaban J connectivity index is 1.63. The van der Waals surface area contributed by atoms with Crippen molar-refractivity contribution in [2.75, 3.05) is 24.5 Å². The molecule has 166 valence electrons. The number of esters is 1. The van der Waals surface area contributed by atoms with E-state index in [0.29, 0.717) is 12.2 Å². The second-order valence-corrected chi connectivity index (χ2v) is 9.52. The summed E-state index contributed by atoms with van der Waals surface area (Å²) in [5.41, 5.74) is 0.729. The van der Waals surface area contributed by atoms with Crippen LogP contribution in [0.5, 0.6) is 0 Å². The molecule has 7 nitrogen and oxygen atoms in total. The number of benzene rings is 2. The largest absolute Gasteiger partial charge is 0.452 e. The lowest BCUT2D eigenvalue weighted by molar-refractivity contribution is -0.138. The Kier molecular flexibility index (Phi) is 7.33. The third-order valence-electron chi connectivity index (χ3n) is 5.61. The number of hydrogen-bond donors (Lipinski definition) is 0. The fraction of sp³-hybridized carbons (Fsp3) is 0.391. The summed E-state index contributed by atoms with van der Waals surface area (Å²) < 4.78 is 32.0. The Morgan fingerprint density at radius 2 is 1.74 bits per heavy atom. The molecule has 2 aromatic rings. The number of amides is 1. The lowest BCUT2D eigenvalue weighted by atomic mass is 10.00. The van der Waals surface area contributed by atoms with Crippen molar-refractivity contribution in [3.05, 3.63) is 60.2 Å². The highest BCUT2D eigenvalue weighted by atomic mass is 32.2. The van der Waals surface area contributed by atoms with Crippen LogP contribution in [-0.2, 0) is 19.6 Å². The van der Waals surface area contributed by atoms with Gasteiger partial charge in [0.1, 0.15) is 0 Å². The molecular formula is C23H28N2O5S. The molecule has 0 bridgehead atoms. The molecule has 0 N–H and O–H groups in total. The van der Waals surface area contributed by atoms with E-state index >= 15 is 0 Å². The van der Waals surface area contributed by atoms with Crippen LogP contribution in [0, 0.1) is 0 Å². The zero-order valence-corrected chi connectivity index (χ0v) is 18.7. The van der Waals surface area contributed by atoms with Crippen LogP contribution in [-0.4, -0.2) is 51.4 Å². The highest BCUT2D eigenvalue weighted by molar-refractivity contribution is 7.92. The van der Waals surface area contributed by atoms with Crippen molar-refractivity contribution in [1.29, 1.82) is 0 Å². The molecule has 1 amide bonds. The van der Waals surface area contributed by atoms with E-state index in [1.54, 1.807) is 29.2 Å². The Labute approximate surface area is 183 Å². The molecule has 0 spiro atoms. The molecule has 0 radical (unpaired) electrons. The molecule has 0 saturated carbocycles. The standard InChI is InChI=1S/C23H28N2O5S/c1-3-19-9-7-8-16-25(19)22(26)17-30-23(27)18-12-14-21(15-13-18)31(28,29)24(2)20-10-5-4-6-11-20/h4-6,10-15,19H,3,7-9,16-17H2,1-2H3. The summed E-state index contributed by atoms with van der Waals surface area (Å²) in [5, 5.41) is 0. The molecule has 1 saturated heterocycles. The Morgan fingerprint density at radius 3 is 2.39 bits per heavy atom. The van der Waals surface area contributed by atoms with Gasteiger partial charge < -0.3 is 9.64 Å². The minimum atomic E-state index is -3.76. The van der Waals surface area contributed by atoms with Crippen molar-refractivity contribution >= 4 is 27.6 Å². The molecule has 1 aliphatic rings. The first kappa shape index (κ1) is 22.8. The molecule has 3 rings (SSSR count). The molecule has 0 aromatic heterocycles. The van der Waals surface area contributed by atoms with E-state index in [2.05, 4.69) is 0 Å². The van der Waals surface area contributed by atoms with Crippen LogP contribution in [0.15, 0.2) is 59.5 Å². The summed E-state index contributed by atoms with van der Waals surface area (Å²) in [6, 6.07) is 14.5. The maximum Gasteiger partial charge on any atom is 0.338 e. The van der Waals surface area contributed by atoms with Gasteiger partial charge in [0.2, 0.25) is 0 Å². The van der Waals surface area contributed by atoms with E-state index in [0.717, 1.165) is 25.7 Å². The number of anilines is 1. The average molecular weight is 445 g/mol. The lowest BCUT2D eigenvalue weighted by Crippen LogP contribution is -2.45. The number of carbonyl (C=O) groups excluding carboxylic acids is 2. The molecule has 1 heterocycles. The first-order valence-electron chi connectivity index (χ1n) is 10.4. The van der Waals surface area contributed by atoms with Crippen molar-refractivity contribution in [2.45, 2.75) is 43.5 Å². The Morgan fingerprint density at radius 1 is 1.06 bits per heavy atom. The first-order chi connectivity index (χ1) is 14.8. The highest BCUT2D eigenvalue weighted by Crippen LogP contribution is 2.22. The minimum Gasteiger partial charge on any atom is -0.452 e. The van der Waals surface area contributed by atoms with Crippen LogP contribution < -0.4 is 4.31 Å². The first-order valence-corrected chi connectivity index (χ1v) is 11.9. The molecule has 8 heteroatoms. The Hall–Kier alpha value is -2.87. The number of ether oxygens (including phenoxy) is 1. The third-order valence-corrected chi connectivity index (χ3v) is 7.41. The van der Waals surface area contributed by atoms with Crippen LogP contribution in [0.25, 0.3) is 0 Å². The average Bonchev–Trinajstić information content (AvgIpc) is 2.82. The van der Waals surface area contributed by atoms with E-state index in [9.17, 15) is 18.0 Å². The second-order valence-electron chi connectivity index (χ2n) is 7.55. The van der Waals surface area contributed by atoms with Crippen molar-refractivity contribution in [3.63, 3.8) is 0 Å². The van der Waals surface area contributed by atoms with E-state index < -0.39 is 16.0 Å². The number of rotatable bonds is 7. The van der Waals surface area contributed by atoms with Gasteiger partial charge in [-0.15, -0.1) is 0 Å². The van der Waals surface area contributed by atoms with Gasteiger partial charge in [-0.1, -0.05) is 25.1 Å². The molecule has 2 aromatic carbocycles. The van der Waals surface area contributed by atoms with Gasteiger partial charge in [0.05, 0.1) is 16.1 Å². The zero-order valence-electron chi connectivity index (χ0n) is 17.9. The third kappa shape index (κ3) is 5.25. The normalized spacial score (nSPS) is 16.6. The van der Waals surface area contributed by atoms with Crippen LogP contribution in [0.1, 0.15) is 43.0 Å². The van der Waals surface area contributed by atoms with Crippen LogP contribution in [0.3, 0.4) is 0 Å². The fourth-order valence-corrected chi connectivity index (χ4v) is 4.94. The van der Waals surface area contributed by atoms with E-state index in [-0.39, 0.29) is 29.0 Å². The van der Waals surface area contributed by atoms with Gasteiger partial charge in [0.15, 0.2) is 6.61 Å². The molecule has 0 aliphatic carbocycles. The van der Waals surface area contributed by atoms with Crippen molar-refractivity contribution < 1.29 is 22.7 Å². The van der Waals surface area contributed by atoms with Gasteiger partial charge >= 0.3 is 5.97 Å². The molecule has 1 aliphatic heterocycles. The number of carbonyl (C=O) groups is 2. The van der Waals surface area contributed by atoms with Crippen LogP contribution in [0.2, 0.25) is 0 Å². The molecular weight excluding hydrogens is 416 g/mol. The summed E-state index contributed by atoms with van der Waals surface area (Å²) in [7, 11) is -2.29. The number of para-hydroxylation sites is 1. The predicted octanol–water partition coefficient (Wildman–Crippen LogP) is 3.46. The smallest absolute Gasteiger partial charge is 0.338 e. The number of piperidine rings is 1. The summed E-state index contributed by atoms with van der Waals surface area (Å²) in [6.45, 7) is 2.43. The summed E-state index contributed by atoms with van der Waals surface area (Å²) in [5.74, 6) is -0.845. The van der Waals surface area contributed by atoms with Crippen LogP contribution >= 0.6 is 0 Å². The van der Waals surface area contributed by atoms with Crippen molar-refractivity contribution in [2.24, 2.45) is 0 Å². The van der Waals surface area contributed by atoms with E-state index in [1.807, 2.05) is 13.0 Å². The Bertz CT molecular complexity index is 1010. The van der Waals surface area contributed by atoms with Gasteiger partial charge in [0.25, 0.3) is 15.9 Å². The molecule has 1 atom stereocenters.